The predicted molar refractivity (Wildman–Crippen MR) is 178 cm³/mol. The highest BCUT2D eigenvalue weighted by atomic mass is 32.2. The van der Waals surface area contributed by atoms with Crippen molar-refractivity contribution in [3.8, 4) is 5.75 Å². The zero-order valence-corrected chi connectivity index (χ0v) is 27.6. The molecule has 8 heteroatoms. The fraction of sp³-hybridized carbons (Fsp3) is 0.421. The lowest BCUT2D eigenvalue weighted by molar-refractivity contribution is -0.271. The van der Waals surface area contributed by atoms with Crippen LogP contribution in [0.1, 0.15) is 37.8 Å². The van der Waals surface area contributed by atoms with Crippen molar-refractivity contribution in [2.24, 2.45) is 5.92 Å². The van der Waals surface area contributed by atoms with Crippen molar-refractivity contribution in [1.82, 2.24) is 0 Å². The summed E-state index contributed by atoms with van der Waals surface area (Å²) in [6.45, 7) is 12.4. The summed E-state index contributed by atoms with van der Waals surface area (Å²) in [5, 5.41) is 12.8. The van der Waals surface area contributed by atoms with Crippen LogP contribution in [0.5, 0.6) is 5.75 Å². The van der Waals surface area contributed by atoms with Crippen molar-refractivity contribution in [3.05, 3.63) is 121 Å². The van der Waals surface area contributed by atoms with Gasteiger partial charge in [-0.05, 0) is 62.1 Å². The van der Waals surface area contributed by atoms with Crippen LogP contribution in [-0.2, 0) is 36.9 Å². The van der Waals surface area contributed by atoms with Gasteiger partial charge < -0.3 is 33.5 Å². The van der Waals surface area contributed by atoms with Gasteiger partial charge in [-0.1, -0.05) is 84.6 Å². The second-order valence-corrected chi connectivity index (χ2v) is 13.7. The fourth-order valence-electron chi connectivity index (χ4n) is 7.21. The lowest BCUT2D eigenvalue weighted by Gasteiger charge is -2.56. The minimum absolute atomic E-state index is 0.275. The highest BCUT2D eigenvalue weighted by Crippen LogP contribution is 2.61. The second kappa shape index (κ2) is 13.6. The van der Waals surface area contributed by atoms with Gasteiger partial charge in [-0.2, -0.15) is 0 Å². The Labute approximate surface area is 276 Å². The number of thioether (sulfide) groups is 1. The molecule has 2 aliphatic heterocycles. The topological polar surface area (TPSA) is 75.6 Å². The molecule has 1 aliphatic carbocycles. The molecule has 3 fully saturated rings. The average molecular weight is 645 g/mol. The summed E-state index contributed by atoms with van der Waals surface area (Å²) >= 11 is 1.57. The Morgan fingerprint density at radius 2 is 1.57 bits per heavy atom. The Bertz CT molecular complexity index is 1470. The maximum atomic E-state index is 12.8. The first kappa shape index (κ1) is 33.0. The van der Waals surface area contributed by atoms with E-state index in [1.165, 1.54) is 0 Å². The van der Waals surface area contributed by atoms with E-state index in [0.717, 1.165) is 21.8 Å². The SMILES string of the molecule is C=CCC[C@H]1O[C@@H](Sc2ccccc2)[C@]2(OCc3ccccc3)[C@@H](OCc3ccc(OC)cc3)[C@H]3OC(C)(C)O[C@H]3[C@](O)(C=C)[C@H]12. The van der Waals surface area contributed by atoms with Gasteiger partial charge in [0.05, 0.1) is 32.3 Å². The molecule has 244 valence electrons. The fourth-order valence-corrected chi connectivity index (χ4v) is 8.50. The zero-order chi connectivity index (χ0) is 32.4. The molecule has 0 bridgehead atoms. The molecule has 7 nitrogen and oxygen atoms in total. The number of fused-ring (bicyclic) bond motifs is 2. The first-order valence-corrected chi connectivity index (χ1v) is 16.7. The van der Waals surface area contributed by atoms with Gasteiger partial charge in [0.2, 0.25) is 0 Å². The summed E-state index contributed by atoms with van der Waals surface area (Å²) in [5.41, 5.74) is -1.37. The molecular weight excluding hydrogens is 600 g/mol. The Hall–Kier alpha value is -2.95. The van der Waals surface area contributed by atoms with Gasteiger partial charge in [-0.15, -0.1) is 13.2 Å². The number of methoxy groups -OCH3 is 1. The monoisotopic (exact) mass is 644 g/mol. The molecule has 2 saturated heterocycles. The van der Waals surface area contributed by atoms with Crippen LogP contribution in [0.3, 0.4) is 0 Å². The molecule has 6 rings (SSSR count). The van der Waals surface area contributed by atoms with E-state index >= 15 is 0 Å². The molecule has 0 amide bonds. The highest BCUT2D eigenvalue weighted by molar-refractivity contribution is 7.99. The molecular formula is C38H44O7S. The summed E-state index contributed by atoms with van der Waals surface area (Å²) in [7, 11) is 1.65. The summed E-state index contributed by atoms with van der Waals surface area (Å²) in [6, 6.07) is 28.0. The molecule has 0 aromatic heterocycles. The van der Waals surface area contributed by atoms with E-state index in [1.54, 1.807) is 24.9 Å². The molecule has 1 N–H and O–H groups in total. The number of hydrogen-bond acceptors (Lipinski definition) is 8. The first-order valence-electron chi connectivity index (χ1n) is 15.9. The van der Waals surface area contributed by atoms with Gasteiger partial charge in [-0.25, -0.2) is 0 Å². The highest BCUT2D eigenvalue weighted by Gasteiger charge is 2.77. The quantitative estimate of drug-likeness (QED) is 0.198. The molecule has 2 heterocycles. The van der Waals surface area contributed by atoms with Crippen molar-refractivity contribution in [2.75, 3.05) is 7.11 Å². The number of allylic oxidation sites excluding steroid dienone is 1. The van der Waals surface area contributed by atoms with Crippen LogP contribution in [0.15, 0.2) is 115 Å². The van der Waals surface area contributed by atoms with E-state index < -0.39 is 52.8 Å². The van der Waals surface area contributed by atoms with Gasteiger partial charge in [0, 0.05) is 4.90 Å². The molecule has 46 heavy (non-hydrogen) atoms. The molecule has 3 aromatic rings. The average Bonchev–Trinajstić information content (AvgIpc) is 3.58. The minimum atomic E-state index is -1.56. The largest absolute Gasteiger partial charge is 0.497 e. The van der Waals surface area contributed by atoms with Crippen LogP contribution >= 0.6 is 11.8 Å². The standard InChI is InChI=1S/C38H44O7S/c1-6-8-19-30-32-37(39,7-2)33-31(44-36(3,4)45-33)34(41-24-27-20-22-28(40-5)23-21-27)38(32,42-25-26-15-11-9-12-16-26)35(43-30)46-29-17-13-10-14-18-29/h6-7,9-18,20-23,30-35,39H,1-2,8,19,24-25H2,3-5H3/t30-,31+,32+,33-,34+,35+,37+,38-/m1/s1. The third-order valence-corrected chi connectivity index (χ3v) is 10.5. The van der Waals surface area contributed by atoms with E-state index in [9.17, 15) is 5.11 Å². The van der Waals surface area contributed by atoms with Crippen LogP contribution < -0.4 is 4.74 Å². The van der Waals surface area contributed by atoms with Crippen molar-refractivity contribution in [1.29, 1.82) is 0 Å². The molecule has 1 saturated carbocycles. The Balaban J connectivity index is 1.51. The van der Waals surface area contributed by atoms with Gasteiger partial charge in [-0.3, -0.25) is 0 Å². The summed E-state index contributed by atoms with van der Waals surface area (Å²) < 4.78 is 39.8. The molecule has 0 radical (unpaired) electrons. The molecule has 0 spiro atoms. The molecule has 3 aliphatic rings. The lowest BCUT2D eigenvalue weighted by Crippen LogP contribution is -2.75. The Morgan fingerprint density at radius 1 is 0.891 bits per heavy atom. The van der Waals surface area contributed by atoms with Gasteiger partial charge in [0.15, 0.2) is 5.79 Å². The third kappa shape index (κ3) is 6.20. The smallest absolute Gasteiger partial charge is 0.164 e. The number of hydrogen-bond donors (Lipinski definition) is 1. The van der Waals surface area contributed by atoms with E-state index in [-0.39, 0.29) is 13.2 Å². The summed E-state index contributed by atoms with van der Waals surface area (Å²) in [6.07, 6.45) is 2.23. The zero-order valence-electron chi connectivity index (χ0n) is 26.7. The summed E-state index contributed by atoms with van der Waals surface area (Å²) in [5.74, 6) is -0.822. The maximum absolute atomic E-state index is 12.8. The molecule has 3 aromatic carbocycles. The normalized spacial score (nSPS) is 32.8. The van der Waals surface area contributed by atoms with Crippen molar-refractivity contribution < 1.29 is 33.5 Å². The molecule has 8 atom stereocenters. The lowest BCUT2D eigenvalue weighted by atomic mass is 9.60. The van der Waals surface area contributed by atoms with Crippen LogP contribution in [0.2, 0.25) is 0 Å². The van der Waals surface area contributed by atoms with Crippen molar-refractivity contribution >= 4 is 11.8 Å². The minimum Gasteiger partial charge on any atom is -0.497 e. The second-order valence-electron chi connectivity index (χ2n) is 12.6. The van der Waals surface area contributed by atoms with Crippen LogP contribution in [0, 0.1) is 5.92 Å². The van der Waals surface area contributed by atoms with E-state index in [0.29, 0.717) is 12.8 Å². The van der Waals surface area contributed by atoms with E-state index in [4.69, 9.17) is 28.4 Å². The number of aliphatic hydroxyl groups is 1. The van der Waals surface area contributed by atoms with Crippen LogP contribution in [0.25, 0.3) is 0 Å². The van der Waals surface area contributed by atoms with Crippen LogP contribution in [0.4, 0.5) is 0 Å². The van der Waals surface area contributed by atoms with Gasteiger partial charge >= 0.3 is 0 Å². The van der Waals surface area contributed by atoms with Crippen molar-refractivity contribution in [3.63, 3.8) is 0 Å². The Morgan fingerprint density at radius 3 is 2.22 bits per heavy atom. The first-order chi connectivity index (χ1) is 22.2. The van der Waals surface area contributed by atoms with E-state index in [1.807, 2.05) is 92.7 Å². The van der Waals surface area contributed by atoms with Crippen molar-refractivity contribution in [2.45, 2.75) is 91.6 Å². The molecule has 0 unspecified atom stereocenters. The third-order valence-electron chi connectivity index (χ3n) is 9.24. The van der Waals surface area contributed by atoms with Crippen LogP contribution in [-0.4, -0.2) is 59.1 Å². The van der Waals surface area contributed by atoms with E-state index in [2.05, 4.69) is 25.3 Å². The number of benzene rings is 3. The summed E-state index contributed by atoms with van der Waals surface area (Å²) in [4.78, 5) is 1.01. The maximum Gasteiger partial charge on any atom is 0.164 e. The number of ether oxygens (including phenoxy) is 6. The van der Waals surface area contributed by atoms with Gasteiger partial charge in [0.25, 0.3) is 0 Å². The van der Waals surface area contributed by atoms with Gasteiger partial charge in [0.1, 0.15) is 40.7 Å². The predicted octanol–water partition coefficient (Wildman–Crippen LogP) is 7.09. The Kier molecular flexibility index (Phi) is 9.78. The number of rotatable bonds is 13.